The molecule has 1 saturated heterocycles. The molecule has 3 nitrogen and oxygen atoms in total. The normalized spacial score (nSPS) is 17.9. The number of nitrogens with one attached hydrogen (secondary N) is 1. The van der Waals surface area contributed by atoms with Gasteiger partial charge in [0.05, 0.1) is 0 Å². The van der Waals surface area contributed by atoms with Gasteiger partial charge in [0.1, 0.15) is 0 Å². The Morgan fingerprint density at radius 1 is 1.20 bits per heavy atom. The van der Waals surface area contributed by atoms with E-state index in [1.807, 2.05) is 0 Å². The second-order valence-corrected chi connectivity index (χ2v) is 5.95. The standard InChI is InChI=1S/C17H25N3/c1-3-20-11-6-15-12-14(4-5-17(15)20)13-18-16-7-9-19(2)10-8-16/h4-6,11-12,16,18H,3,7-10,13H2,1-2H3. The van der Waals surface area contributed by atoms with E-state index in [1.165, 1.54) is 42.4 Å². The zero-order valence-electron chi connectivity index (χ0n) is 12.6. The molecule has 2 aromatic rings. The van der Waals surface area contributed by atoms with Crippen LogP contribution < -0.4 is 5.32 Å². The highest BCUT2D eigenvalue weighted by Gasteiger charge is 2.15. The lowest BCUT2D eigenvalue weighted by atomic mass is 10.0. The van der Waals surface area contributed by atoms with Crippen molar-refractivity contribution in [3.63, 3.8) is 0 Å². The highest BCUT2D eigenvalue weighted by molar-refractivity contribution is 5.80. The minimum Gasteiger partial charge on any atom is -0.348 e. The fraction of sp³-hybridized carbons (Fsp3) is 0.529. The van der Waals surface area contributed by atoms with E-state index < -0.39 is 0 Å². The fourth-order valence-corrected chi connectivity index (χ4v) is 3.11. The third-order valence-electron chi connectivity index (χ3n) is 4.49. The van der Waals surface area contributed by atoms with Crippen molar-refractivity contribution in [1.82, 2.24) is 14.8 Å². The number of hydrogen-bond acceptors (Lipinski definition) is 2. The lowest BCUT2D eigenvalue weighted by Crippen LogP contribution is -2.40. The molecule has 1 N–H and O–H groups in total. The summed E-state index contributed by atoms with van der Waals surface area (Å²) in [4.78, 5) is 2.41. The molecular formula is C17H25N3. The van der Waals surface area contributed by atoms with Gasteiger partial charge in [0.15, 0.2) is 0 Å². The Morgan fingerprint density at radius 2 is 2.00 bits per heavy atom. The number of nitrogens with zero attached hydrogens (tertiary/aromatic N) is 2. The van der Waals surface area contributed by atoms with Crippen LogP contribution in [0.5, 0.6) is 0 Å². The maximum absolute atomic E-state index is 3.71. The van der Waals surface area contributed by atoms with Crippen LogP contribution in [0.2, 0.25) is 0 Å². The second-order valence-electron chi connectivity index (χ2n) is 5.95. The van der Waals surface area contributed by atoms with Crippen molar-refractivity contribution in [2.24, 2.45) is 0 Å². The molecule has 2 heterocycles. The summed E-state index contributed by atoms with van der Waals surface area (Å²) >= 11 is 0. The van der Waals surface area contributed by atoms with Gasteiger partial charge in [-0.15, -0.1) is 0 Å². The zero-order chi connectivity index (χ0) is 13.9. The van der Waals surface area contributed by atoms with Crippen LogP contribution in [0.1, 0.15) is 25.3 Å². The molecule has 3 rings (SSSR count). The molecule has 0 radical (unpaired) electrons. The van der Waals surface area contributed by atoms with Gasteiger partial charge in [-0.3, -0.25) is 0 Å². The van der Waals surface area contributed by atoms with E-state index in [-0.39, 0.29) is 0 Å². The summed E-state index contributed by atoms with van der Waals surface area (Å²) in [7, 11) is 2.21. The Labute approximate surface area is 121 Å². The van der Waals surface area contributed by atoms with Gasteiger partial charge in [0, 0.05) is 30.8 Å². The van der Waals surface area contributed by atoms with E-state index in [1.54, 1.807) is 0 Å². The summed E-state index contributed by atoms with van der Waals surface area (Å²) in [6.45, 7) is 6.65. The van der Waals surface area contributed by atoms with Gasteiger partial charge in [-0.2, -0.15) is 0 Å². The van der Waals surface area contributed by atoms with E-state index in [4.69, 9.17) is 0 Å². The molecule has 0 saturated carbocycles. The van der Waals surface area contributed by atoms with Gasteiger partial charge in [-0.25, -0.2) is 0 Å². The number of piperidine rings is 1. The van der Waals surface area contributed by atoms with Gasteiger partial charge >= 0.3 is 0 Å². The third-order valence-corrected chi connectivity index (χ3v) is 4.49. The van der Waals surface area contributed by atoms with Crippen LogP contribution in [0, 0.1) is 0 Å². The monoisotopic (exact) mass is 271 g/mol. The first-order chi connectivity index (χ1) is 9.76. The molecule has 1 aromatic carbocycles. The van der Waals surface area contributed by atoms with Crippen molar-refractivity contribution in [1.29, 1.82) is 0 Å². The Kier molecular flexibility index (Phi) is 4.08. The van der Waals surface area contributed by atoms with Gasteiger partial charge in [0.25, 0.3) is 0 Å². The van der Waals surface area contributed by atoms with Crippen molar-refractivity contribution in [3.05, 3.63) is 36.0 Å². The number of aryl methyl sites for hydroxylation is 1. The predicted octanol–water partition coefficient (Wildman–Crippen LogP) is 2.85. The quantitative estimate of drug-likeness (QED) is 0.923. The fourth-order valence-electron chi connectivity index (χ4n) is 3.11. The predicted molar refractivity (Wildman–Crippen MR) is 85.0 cm³/mol. The van der Waals surface area contributed by atoms with Crippen LogP contribution in [0.15, 0.2) is 30.5 Å². The van der Waals surface area contributed by atoms with Gasteiger partial charge in [-0.1, -0.05) is 6.07 Å². The van der Waals surface area contributed by atoms with Crippen LogP contribution in [0.3, 0.4) is 0 Å². The maximum Gasteiger partial charge on any atom is 0.0480 e. The maximum atomic E-state index is 3.71. The Bertz CT molecular complexity index is 565. The molecule has 1 fully saturated rings. The average molecular weight is 271 g/mol. The number of fused-ring (bicyclic) bond motifs is 1. The highest BCUT2D eigenvalue weighted by Crippen LogP contribution is 2.18. The number of aromatic nitrogens is 1. The van der Waals surface area contributed by atoms with Crippen molar-refractivity contribution in [3.8, 4) is 0 Å². The highest BCUT2D eigenvalue weighted by atomic mass is 15.1. The molecule has 3 heteroatoms. The summed E-state index contributed by atoms with van der Waals surface area (Å²) in [6.07, 6.45) is 4.72. The molecule has 1 aliphatic heterocycles. The summed E-state index contributed by atoms with van der Waals surface area (Å²) in [5.74, 6) is 0. The summed E-state index contributed by atoms with van der Waals surface area (Å²) in [5, 5.41) is 5.07. The molecule has 0 bridgehead atoms. The zero-order valence-corrected chi connectivity index (χ0v) is 12.6. The Balaban J connectivity index is 1.63. The van der Waals surface area contributed by atoms with Gasteiger partial charge in [-0.05, 0) is 69.1 Å². The number of likely N-dealkylation sites (tertiary alicyclic amines) is 1. The van der Waals surface area contributed by atoms with Crippen molar-refractivity contribution >= 4 is 10.9 Å². The molecule has 1 aliphatic rings. The molecular weight excluding hydrogens is 246 g/mol. The summed E-state index contributed by atoms with van der Waals surface area (Å²) < 4.78 is 2.30. The summed E-state index contributed by atoms with van der Waals surface area (Å²) in [6, 6.07) is 9.74. The van der Waals surface area contributed by atoms with Crippen LogP contribution in [-0.2, 0) is 13.1 Å². The molecule has 108 valence electrons. The smallest absolute Gasteiger partial charge is 0.0480 e. The SMILES string of the molecule is CCn1ccc2cc(CNC3CCN(C)CC3)ccc21. The van der Waals surface area contributed by atoms with E-state index in [0.29, 0.717) is 6.04 Å². The number of hydrogen-bond donors (Lipinski definition) is 1. The number of rotatable bonds is 4. The number of benzene rings is 1. The van der Waals surface area contributed by atoms with E-state index in [9.17, 15) is 0 Å². The third kappa shape index (κ3) is 2.89. The van der Waals surface area contributed by atoms with Crippen molar-refractivity contribution < 1.29 is 0 Å². The second kappa shape index (κ2) is 5.98. The van der Waals surface area contributed by atoms with Crippen LogP contribution in [0.4, 0.5) is 0 Å². The lowest BCUT2D eigenvalue weighted by molar-refractivity contribution is 0.234. The minimum absolute atomic E-state index is 0.683. The molecule has 0 aliphatic carbocycles. The topological polar surface area (TPSA) is 20.2 Å². The van der Waals surface area contributed by atoms with E-state index >= 15 is 0 Å². The molecule has 0 atom stereocenters. The largest absolute Gasteiger partial charge is 0.348 e. The first-order valence-corrected chi connectivity index (χ1v) is 7.76. The molecule has 20 heavy (non-hydrogen) atoms. The van der Waals surface area contributed by atoms with Gasteiger partial charge in [0.2, 0.25) is 0 Å². The molecule has 1 aromatic heterocycles. The first-order valence-electron chi connectivity index (χ1n) is 7.76. The molecule has 0 unspecified atom stereocenters. The minimum atomic E-state index is 0.683. The lowest BCUT2D eigenvalue weighted by Gasteiger charge is -2.29. The Morgan fingerprint density at radius 3 is 2.75 bits per heavy atom. The molecule has 0 spiro atoms. The van der Waals surface area contributed by atoms with Crippen LogP contribution in [-0.4, -0.2) is 35.6 Å². The van der Waals surface area contributed by atoms with Crippen molar-refractivity contribution in [2.45, 2.75) is 38.9 Å². The van der Waals surface area contributed by atoms with Crippen molar-refractivity contribution in [2.75, 3.05) is 20.1 Å². The van der Waals surface area contributed by atoms with Crippen LogP contribution in [0.25, 0.3) is 10.9 Å². The van der Waals surface area contributed by atoms with Gasteiger partial charge < -0.3 is 14.8 Å². The van der Waals surface area contributed by atoms with E-state index in [2.05, 4.69) is 59.2 Å². The average Bonchev–Trinajstić information content (AvgIpc) is 2.89. The van der Waals surface area contributed by atoms with Crippen LogP contribution >= 0.6 is 0 Å². The molecule has 0 amide bonds. The Hall–Kier alpha value is -1.32. The van der Waals surface area contributed by atoms with E-state index in [0.717, 1.165) is 13.1 Å². The summed E-state index contributed by atoms with van der Waals surface area (Å²) in [5.41, 5.74) is 2.74. The first kappa shape index (κ1) is 13.7.